The minimum Gasteiger partial charge on any atom is -0.358 e. The van der Waals surface area contributed by atoms with Crippen LogP contribution in [0.4, 0.5) is 15.3 Å². The Morgan fingerprint density at radius 1 is 0.889 bits per heavy atom. The highest BCUT2D eigenvalue weighted by molar-refractivity contribution is 7.81. The van der Waals surface area contributed by atoms with Crippen molar-refractivity contribution in [2.24, 2.45) is 0 Å². The van der Waals surface area contributed by atoms with Gasteiger partial charge < -0.3 is 9.50 Å². The summed E-state index contributed by atoms with van der Waals surface area (Å²) in [5, 5.41) is 3.10. The van der Waals surface area contributed by atoms with E-state index in [-0.39, 0.29) is 5.75 Å². The molecule has 2 aromatic carbocycles. The van der Waals surface area contributed by atoms with Gasteiger partial charge in [0.1, 0.15) is 5.75 Å². The third kappa shape index (κ3) is 3.74. The van der Waals surface area contributed by atoms with Crippen LogP contribution in [-0.4, -0.2) is 8.42 Å². The number of benzene rings is 2. The van der Waals surface area contributed by atoms with Crippen molar-refractivity contribution in [3.63, 3.8) is 0 Å². The zero-order valence-electron chi connectivity index (χ0n) is 9.21. The van der Waals surface area contributed by atoms with Crippen molar-refractivity contribution < 1.29 is 16.5 Å². The van der Waals surface area contributed by atoms with Gasteiger partial charge in [0.05, 0.1) is 0 Å². The summed E-state index contributed by atoms with van der Waals surface area (Å²) in [6, 6.07) is 15.3. The maximum atomic E-state index is 12.3. The molecule has 0 saturated carbocycles. The Labute approximate surface area is 104 Å². The summed E-state index contributed by atoms with van der Waals surface area (Å²) in [5.74, 6) is -0.0730. The van der Waals surface area contributed by atoms with Gasteiger partial charge in [0, 0.05) is 11.4 Å². The van der Waals surface area contributed by atoms with E-state index in [0.29, 0.717) is 0 Å². The van der Waals surface area contributed by atoms with E-state index in [1.807, 2.05) is 30.3 Å². The molecule has 0 aromatic heterocycles. The van der Waals surface area contributed by atoms with Crippen LogP contribution in [0.1, 0.15) is 0 Å². The number of para-hydroxylation sites is 1. The highest BCUT2D eigenvalue weighted by atomic mass is 32.3. The molecule has 2 rings (SSSR count). The predicted octanol–water partition coefficient (Wildman–Crippen LogP) is 3.02. The van der Waals surface area contributed by atoms with Gasteiger partial charge in [0.2, 0.25) is 0 Å². The van der Waals surface area contributed by atoms with Crippen LogP contribution in [0.2, 0.25) is 0 Å². The molecule has 1 N–H and O–H groups in total. The van der Waals surface area contributed by atoms with E-state index in [1.54, 1.807) is 12.1 Å². The minimum absolute atomic E-state index is 0.0730. The Morgan fingerprint density at radius 2 is 1.44 bits per heavy atom. The van der Waals surface area contributed by atoms with Crippen LogP contribution < -0.4 is 9.50 Å². The molecule has 0 radical (unpaired) electrons. The van der Waals surface area contributed by atoms with E-state index in [0.717, 1.165) is 11.4 Å². The second-order valence-corrected chi connectivity index (χ2v) is 4.44. The number of halogens is 1. The lowest BCUT2D eigenvalue weighted by molar-refractivity contribution is 0.440. The second kappa shape index (κ2) is 5.05. The molecule has 0 unspecified atom stereocenters. The molecule has 94 valence electrons. The average molecular weight is 267 g/mol. The molecule has 0 aliphatic heterocycles. The fraction of sp³-hybridized carbons (Fsp3) is 0. The summed E-state index contributed by atoms with van der Waals surface area (Å²) in [7, 11) is -4.97. The lowest BCUT2D eigenvalue weighted by atomic mass is 10.2. The van der Waals surface area contributed by atoms with Gasteiger partial charge >= 0.3 is 10.5 Å². The highest BCUT2D eigenvalue weighted by Gasteiger charge is 2.08. The smallest absolute Gasteiger partial charge is 0.358 e. The van der Waals surface area contributed by atoms with Crippen molar-refractivity contribution in [2.45, 2.75) is 0 Å². The zero-order valence-corrected chi connectivity index (χ0v) is 10.0. The molecule has 0 aliphatic carbocycles. The first-order chi connectivity index (χ1) is 8.53. The quantitative estimate of drug-likeness (QED) is 0.865. The van der Waals surface area contributed by atoms with Crippen LogP contribution in [0.3, 0.4) is 0 Å². The number of hydrogen-bond acceptors (Lipinski definition) is 4. The summed E-state index contributed by atoms with van der Waals surface area (Å²) in [5.41, 5.74) is 1.63. The molecule has 18 heavy (non-hydrogen) atoms. The lowest BCUT2D eigenvalue weighted by Crippen LogP contribution is -2.01. The summed E-state index contributed by atoms with van der Waals surface area (Å²) >= 11 is 0. The standard InChI is InChI=1S/C12H10FNO3S/c13-18(15,16)17-12-8-6-11(7-9-12)14-10-4-2-1-3-5-10/h1-9,14H. The van der Waals surface area contributed by atoms with Crippen molar-refractivity contribution in [3.8, 4) is 5.75 Å². The summed E-state index contributed by atoms with van der Waals surface area (Å²) < 4.78 is 36.9. The highest BCUT2D eigenvalue weighted by Crippen LogP contribution is 2.20. The number of rotatable bonds is 4. The molecule has 6 heteroatoms. The van der Waals surface area contributed by atoms with Crippen molar-refractivity contribution in [1.29, 1.82) is 0 Å². The van der Waals surface area contributed by atoms with Gasteiger partial charge in [-0.05, 0) is 36.4 Å². The molecule has 0 heterocycles. The van der Waals surface area contributed by atoms with E-state index in [4.69, 9.17) is 0 Å². The van der Waals surface area contributed by atoms with Gasteiger partial charge in [-0.2, -0.15) is 8.42 Å². The van der Waals surface area contributed by atoms with E-state index in [1.165, 1.54) is 12.1 Å². The summed E-state index contributed by atoms with van der Waals surface area (Å²) in [6.45, 7) is 0. The number of anilines is 2. The molecule has 0 saturated heterocycles. The SMILES string of the molecule is O=S(=O)(F)Oc1ccc(Nc2ccccc2)cc1. The largest absolute Gasteiger partial charge is 0.488 e. The Kier molecular flexibility index (Phi) is 3.47. The molecule has 0 atom stereocenters. The molecule has 0 bridgehead atoms. The van der Waals surface area contributed by atoms with Crippen LogP contribution in [0.5, 0.6) is 5.75 Å². The Morgan fingerprint density at radius 3 is 2.00 bits per heavy atom. The molecular formula is C12H10FNO3S. The molecule has 4 nitrogen and oxygen atoms in total. The van der Waals surface area contributed by atoms with E-state index < -0.39 is 10.5 Å². The third-order valence-electron chi connectivity index (χ3n) is 2.11. The molecular weight excluding hydrogens is 257 g/mol. The van der Waals surface area contributed by atoms with E-state index in [9.17, 15) is 12.3 Å². The maximum Gasteiger partial charge on any atom is 0.488 e. The molecule has 0 aliphatic rings. The molecule has 0 spiro atoms. The van der Waals surface area contributed by atoms with Gasteiger partial charge in [-0.3, -0.25) is 0 Å². The first-order valence-electron chi connectivity index (χ1n) is 5.09. The zero-order chi connectivity index (χ0) is 13.0. The van der Waals surface area contributed by atoms with Crippen molar-refractivity contribution >= 4 is 21.9 Å². The van der Waals surface area contributed by atoms with Gasteiger partial charge in [0.15, 0.2) is 0 Å². The van der Waals surface area contributed by atoms with Crippen LogP contribution in [0.25, 0.3) is 0 Å². The van der Waals surface area contributed by atoms with Gasteiger partial charge in [-0.1, -0.05) is 22.1 Å². The Balaban J connectivity index is 2.09. The van der Waals surface area contributed by atoms with Crippen molar-refractivity contribution in [2.75, 3.05) is 5.32 Å². The third-order valence-corrected chi connectivity index (χ3v) is 2.50. The van der Waals surface area contributed by atoms with E-state index in [2.05, 4.69) is 9.50 Å². The van der Waals surface area contributed by atoms with Crippen molar-refractivity contribution in [3.05, 3.63) is 54.6 Å². The van der Waals surface area contributed by atoms with Gasteiger partial charge in [0.25, 0.3) is 0 Å². The van der Waals surface area contributed by atoms with Crippen molar-refractivity contribution in [1.82, 2.24) is 0 Å². The Hall–Kier alpha value is -2.08. The van der Waals surface area contributed by atoms with E-state index >= 15 is 0 Å². The monoisotopic (exact) mass is 267 g/mol. The number of hydrogen-bond donors (Lipinski definition) is 1. The van der Waals surface area contributed by atoms with Crippen LogP contribution in [0.15, 0.2) is 54.6 Å². The van der Waals surface area contributed by atoms with Crippen LogP contribution in [0, 0.1) is 0 Å². The van der Waals surface area contributed by atoms with Gasteiger partial charge in [-0.25, -0.2) is 0 Å². The fourth-order valence-corrected chi connectivity index (χ4v) is 1.74. The van der Waals surface area contributed by atoms with Gasteiger partial charge in [-0.15, -0.1) is 0 Å². The lowest BCUT2D eigenvalue weighted by Gasteiger charge is -2.06. The number of nitrogens with one attached hydrogen (secondary N) is 1. The molecule has 0 fully saturated rings. The maximum absolute atomic E-state index is 12.3. The average Bonchev–Trinajstić information content (AvgIpc) is 2.31. The predicted molar refractivity (Wildman–Crippen MR) is 66.8 cm³/mol. The first-order valence-corrected chi connectivity index (χ1v) is 6.40. The topological polar surface area (TPSA) is 55.4 Å². The van der Waals surface area contributed by atoms with Crippen LogP contribution in [-0.2, 0) is 10.5 Å². The summed E-state index contributed by atoms with van der Waals surface area (Å²) in [4.78, 5) is 0. The first kappa shape index (κ1) is 12.4. The minimum atomic E-state index is -4.97. The summed E-state index contributed by atoms with van der Waals surface area (Å²) in [6.07, 6.45) is 0. The molecule has 2 aromatic rings. The fourth-order valence-electron chi connectivity index (χ4n) is 1.40. The normalized spacial score (nSPS) is 10.9. The Bertz CT molecular complexity index is 612. The van der Waals surface area contributed by atoms with Crippen LogP contribution >= 0.6 is 0 Å². The second-order valence-electron chi connectivity index (χ2n) is 3.49. The molecule has 0 amide bonds.